The van der Waals surface area contributed by atoms with Gasteiger partial charge in [0.1, 0.15) is 17.4 Å². The third-order valence-electron chi connectivity index (χ3n) is 5.09. The van der Waals surface area contributed by atoms with Gasteiger partial charge < -0.3 is 14.8 Å². The van der Waals surface area contributed by atoms with Crippen LogP contribution in [-0.4, -0.2) is 45.7 Å². The summed E-state index contributed by atoms with van der Waals surface area (Å²) in [6.07, 6.45) is 3.72. The zero-order chi connectivity index (χ0) is 21.1. The number of nitrogens with one attached hydrogen (secondary N) is 1. The number of ether oxygens (including phenoxy) is 2. The van der Waals surface area contributed by atoms with E-state index in [0.717, 1.165) is 4.90 Å². The maximum Gasteiger partial charge on any atom is 0.331 e. The molecule has 0 amide bonds. The Morgan fingerprint density at radius 1 is 1.30 bits per heavy atom. The van der Waals surface area contributed by atoms with Crippen LogP contribution in [0.25, 0.3) is 11.0 Å². The van der Waals surface area contributed by atoms with Gasteiger partial charge in [0.05, 0.1) is 17.4 Å². The van der Waals surface area contributed by atoms with Gasteiger partial charge in [-0.25, -0.2) is 9.78 Å². The molecular formula is C20H20N4O5S. The number of esters is 1. The second-order valence-corrected chi connectivity index (χ2v) is 7.92. The van der Waals surface area contributed by atoms with Crippen molar-refractivity contribution in [3.8, 4) is 0 Å². The van der Waals surface area contributed by atoms with Crippen LogP contribution >= 0.6 is 11.9 Å². The molecule has 3 aromatic rings. The second-order valence-electron chi connectivity index (χ2n) is 6.87. The van der Waals surface area contributed by atoms with Crippen molar-refractivity contribution in [2.24, 2.45) is 0 Å². The van der Waals surface area contributed by atoms with Crippen LogP contribution in [0.4, 0.5) is 11.4 Å². The van der Waals surface area contributed by atoms with Gasteiger partial charge in [0, 0.05) is 37.1 Å². The summed E-state index contributed by atoms with van der Waals surface area (Å²) in [6.45, 7) is 0.712. The van der Waals surface area contributed by atoms with Gasteiger partial charge in [-0.05, 0) is 30.1 Å². The number of anilines is 1. The van der Waals surface area contributed by atoms with E-state index < -0.39 is 16.4 Å². The first-order valence-corrected chi connectivity index (χ1v) is 10.1. The standard InChI is InChI=1S/C20H20N4O5S/c1-28-19(25)20(8-11-29-12-9-20)22-17-15-7-10-23(30-14-5-3-2-4-6-14)18(15)21-13-16(17)24(26)27/h2-7,10,13H,8-9,11-12H2,1H3,(H,21,22). The first kappa shape index (κ1) is 20.2. The SMILES string of the molecule is COC(=O)C1(Nc2c([N+](=O)[O-])cnc3c2ccn3Sc2ccccc2)CCOCC1. The highest BCUT2D eigenvalue weighted by Crippen LogP contribution is 2.38. The van der Waals surface area contributed by atoms with Crippen molar-refractivity contribution >= 4 is 40.3 Å². The van der Waals surface area contributed by atoms with Gasteiger partial charge in [0.15, 0.2) is 5.65 Å². The number of carbonyl (C=O) groups is 1. The maximum atomic E-state index is 12.6. The average molecular weight is 428 g/mol. The Kier molecular flexibility index (Phi) is 5.60. The van der Waals surface area contributed by atoms with Gasteiger partial charge in [-0.15, -0.1) is 0 Å². The summed E-state index contributed by atoms with van der Waals surface area (Å²) in [7, 11) is 1.31. The quantitative estimate of drug-likeness (QED) is 0.360. The molecule has 0 bridgehead atoms. The van der Waals surface area contributed by atoms with E-state index in [2.05, 4.69) is 10.3 Å². The third kappa shape index (κ3) is 3.71. The van der Waals surface area contributed by atoms with Crippen LogP contribution in [0.15, 0.2) is 53.7 Å². The summed E-state index contributed by atoms with van der Waals surface area (Å²) in [5.74, 6) is -0.469. The number of nitrogens with zero attached hydrogens (tertiary/aromatic N) is 3. The molecule has 0 aliphatic carbocycles. The highest BCUT2D eigenvalue weighted by atomic mass is 32.2. The van der Waals surface area contributed by atoms with E-state index in [1.165, 1.54) is 25.3 Å². The summed E-state index contributed by atoms with van der Waals surface area (Å²) >= 11 is 1.45. The number of rotatable bonds is 6. The predicted octanol–water partition coefficient (Wildman–Crippen LogP) is 3.63. The molecule has 1 aliphatic rings. The number of benzene rings is 1. The molecule has 1 aliphatic heterocycles. The molecule has 4 rings (SSSR count). The van der Waals surface area contributed by atoms with Crippen LogP contribution in [0, 0.1) is 10.1 Å². The number of hydrogen-bond acceptors (Lipinski definition) is 8. The van der Waals surface area contributed by atoms with Crippen molar-refractivity contribution in [2.75, 3.05) is 25.6 Å². The maximum absolute atomic E-state index is 12.6. The van der Waals surface area contributed by atoms with Crippen LogP contribution in [-0.2, 0) is 14.3 Å². The molecule has 30 heavy (non-hydrogen) atoms. The first-order valence-electron chi connectivity index (χ1n) is 9.36. The van der Waals surface area contributed by atoms with E-state index in [-0.39, 0.29) is 11.4 Å². The minimum absolute atomic E-state index is 0.195. The third-order valence-corrected chi connectivity index (χ3v) is 6.07. The van der Waals surface area contributed by atoms with Crippen molar-refractivity contribution in [1.29, 1.82) is 0 Å². The van der Waals surface area contributed by atoms with Gasteiger partial charge >= 0.3 is 11.7 Å². The average Bonchev–Trinajstić information content (AvgIpc) is 3.17. The van der Waals surface area contributed by atoms with Gasteiger partial charge in [0.25, 0.3) is 0 Å². The van der Waals surface area contributed by atoms with Crippen LogP contribution in [0.3, 0.4) is 0 Å². The zero-order valence-corrected chi connectivity index (χ0v) is 17.1. The van der Waals surface area contributed by atoms with E-state index >= 15 is 0 Å². The topological polar surface area (TPSA) is 109 Å². The smallest absolute Gasteiger partial charge is 0.331 e. The lowest BCUT2D eigenvalue weighted by Gasteiger charge is -2.35. The van der Waals surface area contributed by atoms with Crippen molar-refractivity contribution in [3.05, 3.63) is 58.9 Å². The Hall–Kier alpha value is -3.11. The number of pyridine rings is 1. The molecule has 1 aromatic carbocycles. The highest BCUT2D eigenvalue weighted by Gasteiger charge is 2.43. The Labute approximate surface area is 176 Å². The fraction of sp³-hybridized carbons (Fsp3) is 0.300. The number of aromatic nitrogens is 2. The molecule has 0 radical (unpaired) electrons. The van der Waals surface area contributed by atoms with Crippen molar-refractivity contribution in [3.63, 3.8) is 0 Å². The molecule has 1 N–H and O–H groups in total. The number of hydrogen-bond donors (Lipinski definition) is 1. The van der Waals surface area contributed by atoms with Crippen LogP contribution in [0.5, 0.6) is 0 Å². The second kappa shape index (κ2) is 8.33. The van der Waals surface area contributed by atoms with Gasteiger partial charge in [-0.3, -0.25) is 14.1 Å². The lowest BCUT2D eigenvalue weighted by atomic mass is 9.89. The van der Waals surface area contributed by atoms with E-state index in [1.54, 1.807) is 12.3 Å². The van der Waals surface area contributed by atoms with Crippen LogP contribution in [0.1, 0.15) is 12.8 Å². The molecule has 0 spiro atoms. The van der Waals surface area contributed by atoms with Gasteiger partial charge in [-0.1, -0.05) is 18.2 Å². The van der Waals surface area contributed by atoms with Gasteiger partial charge in [0.2, 0.25) is 0 Å². The summed E-state index contributed by atoms with van der Waals surface area (Å²) in [4.78, 5) is 29.2. The minimum Gasteiger partial charge on any atom is -0.467 e. The van der Waals surface area contributed by atoms with Crippen LogP contribution in [0.2, 0.25) is 0 Å². The lowest BCUT2D eigenvalue weighted by molar-refractivity contribution is -0.384. The summed E-state index contributed by atoms with van der Waals surface area (Å²) in [5.41, 5.74) is -0.478. The summed E-state index contributed by atoms with van der Waals surface area (Å²) in [6, 6.07) is 11.5. The molecule has 0 saturated carbocycles. The molecule has 156 valence electrons. The monoisotopic (exact) mass is 428 g/mol. The number of fused-ring (bicyclic) bond motifs is 1. The van der Waals surface area contributed by atoms with E-state index in [1.807, 2.05) is 34.3 Å². The number of methoxy groups -OCH3 is 1. The number of nitro groups is 1. The Morgan fingerprint density at radius 2 is 2.03 bits per heavy atom. The van der Waals surface area contributed by atoms with E-state index in [9.17, 15) is 14.9 Å². The zero-order valence-electron chi connectivity index (χ0n) is 16.2. The molecule has 3 heterocycles. The largest absolute Gasteiger partial charge is 0.467 e. The lowest BCUT2D eigenvalue weighted by Crippen LogP contribution is -2.51. The van der Waals surface area contributed by atoms with Crippen molar-refractivity contribution in [2.45, 2.75) is 23.3 Å². The van der Waals surface area contributed by atoms with E-state index in [0.29, 0.717) is 37.1 Å². The first-order chi connectivity index (χ1) is 14.5. The summed E-state index contributed by atoms with van der Waals surface area (Å²) < 4.78 is 12.2. The minimum atomic E-state index is -1.10. The summed E-state index contributed by atoms with van der Waals surface area (Å²) in [5, 5.41) is 15.4. The molecule has 1 saturated heterocycles. The molecule has 0 atom stereocenters. The fourth-order valence-electron chi connectivity index (χ4n) is 3.53. The molecule has 1 fully saturated rings. The van der Waals surface area contributed by atoms with Gasteiger partial charge in [-0.2, -0.15) is 0 Å². The molecule has 2 aromatic heterocycles. The highest BCUT2D eigenvalue weighted by molar-refractivity contribution is 7.98. The normalized spacial score (nSPS) is 15.6. The Balaban J connectivity index is 1.79. The fourth-order valence-corrected chi connectivity index (χ4v) is 4.39. The molecule has 10 heteroatoms. The molecule has 0 unspecified atom stereocenters. The van der Waals surface area contributed by atoms with Crippen molar-refractivity contribution in [1.82, 2.24) is 8.96 Å². The van der Waals surface area contributed by atoms with Crippen molar-refractivity contribution < 1.29 is 19.2 Å². The van der Waals surface area contributed by atoms with Crippen LogP contribution < -0.4 is 5.32 Å². The molecule has 9 nitrogen and oxygen atoms in total. The van der Waals surface area contributed by atoms with E-state index in [4.69, 9.17) is 9.47 Å². The Bertz CT molecular complexity index is 1080. The predicted molar refractivity (Wildman–Crippen MR) is 113 cm³/mol. The number of carbonyl (C=O) groups excluding carboxylic acids is 1. The molecular weight excluding hydrogens is 408 g/mol. The Morgan fingerprint density at radius 3 is 2.70 bits per heavy atom.